The number of carbonyl (C=O) groups excluding carboxylic acids is 2. The molecule has 2 aromatic heterocycles. The molecule has 2 amide bonds. The molecular weight excluding hydrogens is 406 g/mol. The van der Waals surface area contributed by atoms with Crippen molar-refractivity contribution in [2.75, 3.05) is 18.6 Å². The zero-order valence-electron chi connectivity index (χ0n) is 17.4. The summed E-state index contributed by atoms with van der Waals surface area (Å²) >= 11 is 0. The third-order valence-corrected chi connectivity index (χ3v) is 5.52. The Hall–Kier alpha value is -4.20. The summed E-state index contributed by atoms with van der Waals surface area (Å²) in [4.78, 5) is 35.9. The van der Waals surface area contributed by atoms with Gasteiger partial charge in [0.15, 0.2) is 5.65 Å². The smallest absolute Gasteiger partial charge is 0.253 e. The fourth-order valence-corrected chi connectivity index (χ4v) is 3.96. The van der Waals surface area contributed by atoms with Gasteiger partial charge in [0.1, 0.15) is 17.6 Å². The summed E-state index contributed by atoms with van der Waals surface area (Å²) in [6.07, 6.45) is 3.45. The molecule has 1 aliphatic rings. The minimum Gasteiger partial charge on any atom is -0.495 e. The Kier molecular flexibility index (Phi) is 5.03. The number of fused-ring (bicyclic) bond motifs is 1. The first kappa shape index (κ1) is 19.7. The zero-order chi connectivity index (χ0) is 22.1. The fourth-order valence-electron chi connectivity index (χ4n) is 3.96. The van der Waals surface area contributed by atoms with E-state index in [9.17, 15) is 9.59 Å². The number of amides is 2. The Morgan fingerprint density at radius 2 is 1.88 bits per heavy atom. The van der Waals surface area contributed by atoms with Crippen molar-refractivity contribution in [3.8, 4) is 11.4 Å². The van der Waals surface area contributed by atoms with Gasteiger partial charge in [0, 0.05) is 24.8 Å². The molecule has 4 aromatic rings. The van der Waals surface area contributed by atoms with Gasteiger partial charge in [-0.3, -0.25) is 14.2 Å². The predicted molar refractivity (Wildman–Crippen MR) is 120 cm³/mol. The second kappa shape index (κ2) is 8.14. The van der Waals surface area contributed by atoms with Crippen molar-refractivity contribution >= 4 is 28.7 Å². The number of nitrogens with one attached hydrogen (secondary N) is 1. The number of carbonyl (C=O) groups is 2. The Balaban J connectivity index is 1.32. The van der Waals surface area contributed by atoms with Gasteiger partial charge in [-0.15, -0.1) is 0 Å². The molecule has 0 aliphatic carbocycles. The van der Waals surface area contributed by atoms with Gasteiger partial charge in [0.05, 0.1) is 24.4 Å². The molecule has 0 bridgehead atoms. The lowest BCUT2D eigenvalue weighted by atomic mass is 10.2. The Bertz CT molecular complexity index is 1300. The van der Waals surface area contributed by atoms with Crippen molar-refractivity contribution in [3.63, 3.8) is 0 Å². The molecule has 1 saturated heterocycles. The molecule has 0 spiro atoms. The van der Waals surface area contributed by atoms with Gasteiger partial charge in [-0.05, 0) is 30.3 Å². The molecule has 2 aromatic carbocycles. The number of aromatic nitrogens is 3. The van der Waals surface area contributed by atoms with E-state index in [-0.39, 0.29) is 24.3 Å². The second-order valence-electron chi connectivity index (χ2n) is 7.57. The monoisotopic (exact) mass is 427 g/mol. The number of hydrogen-bond acceptors (Lipinski definition) is 5. The van der Waals surface area contributed by atoms with Crippen molar-refractivity contribution in [1.29, 1.82) is 0 Å². The zero-order valence-corrected chi connectivity index (χ0v) is 17.4. The largest absolute Gasteiger partial charge is 0.495 e. The van der Waals surface area contributed by atoms with Crippen molar-refractivity contribution in [1.82, 2.24) is 19.9 Å². The quantitative estimate of drug-likeness (QED) is 0.529. The normalized spacial score (nSPS) is 15.8. The second-order valence-corrected chi connectivity index (χ2v) is 7.57. The first-order chi connectivity index (χ1) is 15.6. The third-order valence-electron chi connectivity index (χ3n) is 5.52. The van der Waals surface area contributed by atoms with E-state index >= 15 is 0 Å². The molecule has 0 saturated carbocycles. The minimum absolute atomic E-state index is 0.0602. The van der Waals surface area contributed by atoms with Gasteiger partial charge in [-0.25, -0.2) is 9.97 Å². The van der Waals surface area contributed by atoms with Gasteiger partial charge >= 0.3 is 0 Å². The van der Waals surface area contributed by atoms with E-state index in [0.29, 0.717) is 34.7 Å². The highest BCUT2D eigenvalue weighted by molar-refractivity contribution is 6.00. The summed E-state index contributed by atoms with van der Waals surface area (Å²) in [6.45, 7) is 0.378. The number of benzene rings is 2. The number of imidazole rings is 1. The Morgan fingerprint density at radius 1 is 1.09 bits per heavy atom. The molecular formula is C24H21N5O3. The van der Waals surface area contributed by atoms with E-state index in [0.717, 1.165) is 5.69 Å². The molecule has 160 valence electrons. The van der Waals surface area contributed by atoms with Gasteiger partial charge in [-0.1, -0.05) is 30.3 Å². The van der Waals surface area contributed by atoms with E-state index < -0.39 is 0 Å². The summed E-state index contributed by atoms with van der Waals surface area (Å²) in [6, 6.07) is 18.5. The molecule has 32 heavy (non-hydrogen) atoms. The van der Waals surface area contributed by atoms with Crippen LogP contribution < -0.4 is 15.0 Å². The highest BCUT2D eigenvalue weighted by atomic mass is 16.5. The van der Waals surface area contributed by atoms with Crippen LogP contribution in [0.1, 0.15) is 16.8 Å². The van der Waals surface area contributed by atoms with Crippen LogP contribution in [0, 0.1) is 0 Å². The van der Waals surface area contributed by atoms with Crippen molar-refractivity contribution in [2.45, 2.75) is 12.5 Å². The first-order valence-corrected chi connectivity index (χ1v) is 10.3. The minimum atomic E-state index is -0.308. The molecule has 1 N–H and O–H groups in total. The standard InChI is InChI=1S/C24H21N5O3/c1-32-21-10-6-5-9-20(21)28-14-17(12-22(28)30)27-24(31)16-11-19-23(25-13-16)29(15-26-19)18-7-3-2-4-8-18/h2-11,13,15,17H,12,14H2,1H3,(H,27,31). The molecule has 1 fully saturated rings. The average molecular weight is 427 g/mol. The molecule has 3 heterocycles. The molecule has 1 atom stereocenters. The molecule has 8 nitrogen and oxygen atoms in total. The number of ether oxygens (including phenoxy) is 1. The lowest BCUT2D eigenvalue weighted by Crippen LogP contribution is -2.37. The van der Waals surface area contributed by atoms with Crippen LogP contribution in [-0.4, -0.2) is 46.0 Å². The number of rotatable bonds is 5. The van der Waals surface area contributed by atoms with Crippen LogP contribution in [0.5, 0.6) is 5.75 Å². The topological polar surface area (TPSA) is 89.3 Å². The summed E-state index contributed by atoms with van der Waals surface area (Å²) in [7, 11) is 1.57. The van der Waals surface area contributed by atoms with Crippen LogP contribution in [0.4, 0.5) is 5.69 Å². The Labute approximate surface area is 184 Å². The summed E-state index contributed by atoms with van der Waals surface area (Å²) in [5.41, 5.74) is 3.34. The highest BCUT2D eigenvalue weighted by Gasteiger charge is 2.33. The SMILES string of the molecule is COc1ccccc1N1CC(NC(=O)c2cnc3c(c2)ncn3-c2ccccc2)CC1=O. The van der Waals surface area contributed by atoms with Gasteiger partial charge in [0.25, 0.3) is 5.91 Å². The van der Waals surface area contributed by atoms with Crippen LogP contribution in [0.3, 0.4) is 0 Å². The van der Waals surface area contributed by atoms with Crippen LogP contribution in [0.2, 0.25) is 0 Å². The van der Waals surface area contributed by atoms with Crippen molar-refractivity contribution < 1.29 is 14.3 Å². The summed E-state index contributed by atoms with van der Waals surface area (Å²) in [5.74, 6) is 0.278. The highest BCUT2D eigenvalue weighted by Crippen LogP contribution is 2.31. The van der Waals surface area contributed by atoms with E-state index in [1.807, 2.05) is 59.2 Å². The number of pyridine rings is 1. The van der Waals surface area contributed by atoms with Crippen LogP contribution >= 0.6 is 0 Å². The third kappa shape index (κ3) is 3.56. The maximum Gasteiger partial charge on any atom is 0.253 e. The number of methoxy groups -OCH3 is 1. The average Bonchev–Trinajstić information content (AvgIpc) is 3.42. The Morgan fingerprint density at radius 3 is 2.69 bits per heavy atom. The van der Waals surface area contributed by atoms with Crippen LogP contribution in [0.25, 0.3) is 16.9 Å². The summed E-state index contributed by atoms with van der Waals surface area (Å²) in [5, 5.41) is 2.95. The lowest BCUT2D eigenvalue weighted by Gasteiger charge is -2.19. The van der Waals surface area contributed by atoms with Crippen molar-refractivity contribution in [3.05, 3.63) is 78.8 Å². The lowest BCUT2D eigenvalue weighted by molar-refractivity contribution is -0.117. The first-order valence-electron chi connectivity index (χ1n) is 10.3. The van der Waals surface area contributed by atoms with E-state index in [4.69, 9.17) is 4.74 Å². The van der Waals surface area contributed by atoms with Crippen molar-refractivity contribution in [2.24, 2.45) is 0 Å². The van der Waals surface area contributed by atoms with Gasteiger partial charge < -0.3 is 15.0 Å². The maximum atomic E-state index is 12.9. The van der Waals surface area contributed by atoms with E-state index in [1.165, 1.54) is 6.20 Å². The number of hydrogen-bond donors (Lipinski definition) is 1. The number of anilines is 1. The van der Waals surface area contributed by atoms with Gasteiger partial charge in [-0.2, -0.15) is 0 Å². The summed E-state index contributed by atoms with van der Waals surface area (Å²) < 4.78 is 7.24. The maximum absolute atomic E-state index is 12.9. The molecule has 1 unspecified atom stereocenters. The van der Waals surface area contributed by atoms with Crippen LogP contribution in [-0.2, 0) is 4.79 Å². The molecule has 5 rings (SSSR count). The fraction of sp³-hybridized carbons (Fsp3) is 0.167. The molecule has 8 heteroatoms. The van der Waals surface area contributed by atoms with Gasteiger partial charge in [0.2, 0.25) is 5.91 Å². The predicted octanol–water partition coefficient (Wildman–Crippen LogP) is 2.96. The van der Waals surface area contributed by atoms with E-state index in [1.54, 1.807) is 24.4 Å². The number of para-hydroxylation sites is 3. The number of nitrogens with zero attached hydrogens (tertiary/aromatic N) is 4. The molecule has 0 radical (unpaired) electrons. The van der Waals surface area contributed by atoms with E-state index in [2.05, 4.69) is 15.3 Å². The molecule has 1 aliphatic heterocycles. The van der Waals surface area contributed by atoms with Crippen LogP contribution in [0.15, 0.2) is 73.2 Å².